The summed E-state index contributed by atoms with van der Waals surface area (Å²) in [4.78, 5) is 14.6. The van der Waals surface area contributed by atoms with E-state index in [9.17, 15) is 9.90 Å². The topological polar surface area (TPSA) is 70.4 Å². The number of aromatic carboxylic acids is 1. The van der Waals surface area contributed by atoms with E-state index < -0.39 is 11.6 Å². The zero-order chi connectivity index (χ0) is 12.3. The second-order valence-electron chi connectivity index (χ2n) is 3.97. The number of carbonyl (C=O) groups is 1. The minimum Gasteiger partial charge on any atom is -0.478 e. The average Bonchev–Trinajstić information content (AvgIpc) is 2.14. The van der Waals surface area contributed by atoms with Crippen molar-refractivity contribution >= 4 is 5.97 Å². The molecular weight excluding hydrogens is 206 g/mol. The summed E-state index contributed by atoms with van der Waals surface area (Å²) in [6.45, 7) is 4.78. The first-order valence-corrected chi connectivity index (χ1v) is 4.75. The highest BCUT2D eigenvalue weighted by molar-refractivity contribution is 5.89. The van der Waals surface area contributed by atoms with Crippen LogP contribution < -0.4 is 0 Å². The highest BCUT2D eigenvalue weighted by Crippen LogP contribution is 2.11. The third-order valence-electron chi connectivity index (χ3n) is 1.95. The first-order chi connectivity index (χ1) is 7.31. The van der Waals surface area contributed by atoms with Gasteiger partial charge >= 0.3 is 5.97 Å². The molecule has 2 N–H and O–H groups in total. The maximum Gasteiger partial charge on any atom is 0.337 e. The number of pyridine rings is 1. The fourth-order valence-electron chi connectivity index (χ4n) is 1.09. The van der Waals surface area contributed by atoms with Gasteiger partial charge in [0.25, 0.3) is 0 Å². The number of hydrogen-bond donors (Lipinski definition) is 2. The number of aromatic nitrogens is 1. The summed E-state index contributed by atoms with van der Waals surface area (Å²) in [5, 5.41) is 18.3. The maximum absolute atomic E-state index is 10.8. The van der Waals surface area contributed by atoms with Gasteiger partial charge in [-0.3, -0.25) is 4.98 Å². The molecule has 4 heteroatoms. The molecule has 0 bridgehead atoms. The van der Waals surface area contributed by atoms with Crippen LogP contribution in [0.2, 0.25) is 0 Å². The van der Waals surface area contributed by atoms with Gasteiger partial charge in [0.15, 0.2) is 0 Å². The van der Waals surface area contributed by atoms with E-state index in [4.69, 9.17) is 5.11 Å². The molecule has 1 rings (SSSR count). The van der Waals surface area contributed by atoms with E-state index >= 15 is 0 Å². The van der Waals surface area contributed by atoms with E-state index in [1.165, 1.54) is 12.4 Å². The summed E-state index contributed by atoms with van der Waals surface area (Å²) in [5.74, 6) is 4.31. The van der Waals surface area contributed by atoms with Crippen molar-refractivity contribution in [3.05, 3.63) is 29.1 Å². The fraction of sp³-hybridized carbons (Fsp3) is 0.333. The fourth-order valence-corrected chi connectivity index (χ4v) is 1.09. The van der Waals surface area contributed by atoms with Gasteiger partial charge in [0.2, 0.25) is 0 Å². The number of nitrogens with zero attached hydrogens (tertiary/aromatic N) is 1. The Morgan fingerprint density at radius 2 is 2.06 bits per heavy atom. The third-order valence-corrected chi connectivity index (χ3v) is 1.95. The Morgan fingerprint density at radius 3 is 2.56 bits per heavy atom. The van der Waals surface area contributed by atoms with Crippen molar-refractivity contribution in [2.24, 2.45) is 0 Å². The predicted octanol–water partition coefficient (Wildman–Crippen LogP) is 1.21. The summed E-state index contributed by atoms with van der Waals surface area (Å²) in [7, 11) is 0. The average molecular weight is 219 g/mol. The van der Waals surface area contributed by atoms with Gasteiger partial charge in [-0.1, -0.05) is 11.8 Å². The predicted molar refractivity (Wildman–Crippen MR) is 59.1 cm³/mol. The van der Waals surface area contributed by atoms with E-state index in [2.05, 4.69) is 16.8 Å². The Kier molecular flexibility index (Phi) is 3.31. The highest BCUT2D eigenvalue weighted by Gasteiger charge is 2.10. The molecule has 1 aromatic heterocycles. The standard InChI is InChI=1S/C12H13NO3/c1-8-9(4-5-12(2,3)16)6-13-7-10(8)11(14)15/h6-7,16H,1-3H3,(H,14,15). The number of carboxylic acids is 1. The van der Waals surface area contributed by atoms with Crippen molar-refractivity contribution < 1.29 is 15.0 Å². The molecule has 0 fully saturated rings. The van der Waals surface area contributed by atoms with Crippen molar-refractivity contribution in [1.82, 2.24) is 4.98 Å². The molecule has 0 saturated carbocycles. The SMILES string of the molecule is Cc1c(C#CC(C)(C)O)cncc1C(=O)O. The monoisotopic (exact) mass is 219 g/mol. The molecule has 0 spiro atoms. The van der Waals surface area contributed by atoms with Gasteiger partial charge in [-0.2, -0.15) is 0 Å². The minimum atomic E-state index is -1.11. The molecule has 0 radical (unpaired) electrons. The van der Waals surface area contributed by atoms with Crippen molar-refractivity contribution in [1.29, 1.82) is 0 Å². The number of hydrogen-bond acceptors (Lipinski definition) is 3. The molecule has 1 heterocycles. The van der Waals surface area contributed by atoms with Crippen LogP contribution >= 0.6 is 0 Å². The summed E-state index contributed by atoms with van der Waals surface area (Å²) < 4.78 is 0. The zero-order valence-corrected chi connectivity index (χ0v) is 9.40. The van der Waals surface area contributed by atoms with Gasteiger partial charge < -0.3 is 10.2 Å². The van der Waals surface area contributed by atoms with E-state index in [0.29, 0.717) is 11.1 Å². The zero-order valence-electron chi connectivity index (χ0n) is 9.40. The second-order valence-corrected chi connectivity index (χ2v) is 3.97. The van der Waals surface area contributed by atoms with Crippen molar-refractivity contribution in [3.8, 4) is 11.8 Å². The van der Waals surface area contributed by atoms with Crippen LogP contribution in [0.1, 0.15) is 35.3 Å². The lowest BCUT2D eigenvalue weighted by molar-refractivity contribution is 0.0695. The van der Waals surface area contributed by atoms with Crippen LogP contribution in [0.15, 0.2) is 12.4 Å². The molecule has 16 heavy (non-hydrogen) atoms. The summed E-state index contributed by atoms with van der Waals surface area (Å²) >= 11 is 0. The second kappa shape index (κ2) is 4.33. The summed E-state index contributed by atoms with van der Waals surface area (Å²) in [6, 6.07) is 0. The van der Waals surface area contributed by atoms with Gasteiger partial charge in [-0.15, -0.1) is 0 Å². The van der Waals surface area contributed by atoms with Gasteiger partial charge in [0.05, 0.1) is 5.56 Å². The van der Waals surface area contributed by atoms with E-state index in [1.807, 2.05) is 0 Å². The molecule has 4 nitrogen and oxygen atoms in total. The Balaban J connectivity index is 3.20. The molecule has 0 saturated heterocycles. The molecule has 0 aliphatic heterocycles. The van der Waals surface area contributed by atoms with Gasteiger partial charge in [-0.05, 0) is 26.3 Å². The smallest absolute Gasteiger partial charge is 0.337 e. The maximum atomic E-state index is 10.8. The van der Waals surface area contributed by atoms with Crippen molar-refractivity contribution in [2.75, 3.05) is 0 Å². The number of rotatable bonds is 1. The van der Waals surface area contributed by atoms with Crippen LogP contribution in [0.4, 0.5) is 0 Å². The summed E-state index contributed by atoms with van der Waals surface area (Å²) in [5.41, 5.74) is 0.0925. The quantitative estimate of drug-likeness (QED) is 0.696. The van der Waals surface area contributed by atoms with Crippen LogP contribution in [0.25, 0.3) is 0 Å². The lowest BCUT2D eigenvalue weighted by atomic mass is 10.0. The molecule has 84 valence electrons. The van der Waals surface area contributed by atoms with Crippen LogP contribution in [0.3, 0.4) is 0 Å². The lowest BCUT2D eigenvalue weighted by Crippen LogP contribution is -2.14. The van der Waals surface area contributed by atoms with Crippen molar-refractivity contribution in [2.45, 2.75) is 26.4 Å². The molecular formula is C12H13NO3. The lowest BCUT2D eigenvalue weighted by Gasteiger charge is -2.07. The molecule has 0 aromatic carbocycles. The normalized spacial score (nSPS) is 10.5. The minimum absolute atomic E-state index is 0.127. The number of aliphatic hydroxyl groups is 1. The number of carboxylic acid groups (broad SMARTS) is 1. The van der Waals surface area contributed by atoms with Crippen molar-refractivity contribution in [3.63, 3.8) is 0 Å². The highest BCUT2D eigenvalue weighted by atomic mass is 16.4. The molecule has 0 aliphatic rings. The van der Waals surface area contributed by atoms with Gasteiger partial charge in [-0.25, -0.2) is 4.79 Å². The molecule has 1 aromatic rings. The first-order valence-electron chi connectivity index (χ1n) is 4.75. The third kappa shape index (κ3) is 3.07. The van der Waals surface area contributed by atoms with Gasteiger partial charge in [0.1, 0.15) is 5.60 Å². The summed E-state index contributed by atoms with van der Waals surface area (Å²) in [6.07, 6.45) is 2.77. The van der Waals surface area contributed by atoms with Crippen LogP contribution in [-0.4, -0.2) is 26.8 Å². The van der Waals surface area contributed by atoms with Crippen LogP contribution in [0.5, 0.6) is 0 Å². The van der Waals surface area contributed by atoms with Gasteiger partial charge in [0, 0.05) is 18.0 Å². The molecule has 0 amide bonds. The van der Waals surface area contributed by atoms with Crippen LogP contribution in [-0.2, 0) is 0 Å². The molecule has 0 unspecified atom stereocenters. The Hall–Kier alpha value is -1.86. The Labute approximate surface area is 94.0 Å². The Bertz CT molecular complexity index is 475. The van der Waals surface area contributed by atoms with Crippen LogP contribution in [0, 0.1) is 18.8 Å². The van der Waals surface area contributed by atoms with E-state index in [0.717, 1.165) is 0 Å². The molecule has 0 aliphatic carbocycles. The first kappa shape index (κ1) is 12.2. The largest absolute Gasteiger partial charge is 0.478 e. The Morgan fingerprint density at radius 1 is 1.44 bits per heavy atom. The van der Waals surface area contributed by atoms with E-state index in [1.54, 1.807) is 20.8 Å². The molecule has 0 atom stereocenters. The van der Waals surface area contributed by atoms with E-state index in [-0.39, 0.29) is 5.56 Å².